The lowest BCUT2D eigenvalue weighted by molar-refractivity contribution is 0.0146. The van der Waals surface area contributed by atoms with Crippen LogP contribution < -0.4 is 4.72 Å². The molecule has 0 aliphatic carbocycles. The zero-order chi connectivity index (χ0) is 20.1. The smallest absolute Gasteiger partial charge is 0.261 e. The largest absolute Gasteiger partial charge is 0.378 e. The molecule has 7 heteroatoms. The van der Waals surface area contributed by atoms with Gasteiger partial charge < -0.3 is 9.64 Å². The first-order chi connectivity index (χ1) is 13.4. The normalized spacial score (nSPS) is 15.4. The number of ether oxygens (including phenoxy) is 1. The molecule has 0 saturated carbocycles. The Morgan fingerprint density at radius 2 is 1.86 bits per heavy atom. The number of carbonyl (C=O) groups excluding carboxylic acids is 1. The molecule has 1 N–H and O–H groups in total. The van der Waals surface area contributed by atoms with Gasteiger partial charge in [-0.3, -0.25) is 9.52 Å². The van der Waals surface area contributed by atoms with Gasteiger partial charge in [-0.05, 0) is 62.6 Å². The van der Waals surface area contributed by atoms with E-state index in [2.05, 4.69) is 4.72 Å². The molecule has 3 rings (SSSR count). The first kappa shape index (κ1) is 20.4. The first-order valence-electron chi connectivity index (χ1n) is 9.49. The van der Waals surface area contributed by atoms with Gasteiger partial charge in [-0.25, -0.2) is 8.42 Å². The van der Waals surface area contributed by atoms with Gasteiger partial charge in [0, 0.05) is 30.9 Å². The Bertz CT molecular complexity index is 935. The summed E-state index contributed by atoms with van der Waals surface area (Å²) in [4.78, 5) is 14.6. The van der Waals surface area contributed by atoms with E-state index in [1.165, 1.54) is 12.1 Å². The number of rotatable bonds is 6. The van der Waals surface area contributed by atoms with Gasteiger partial charge in [-0.1, -0.05) is 18.2 Å². The number of hydrogen-bond acceptors (Lipinski definition) is 4. The lowest BCUT2D eigenvalue weighted by atomic mass is 10.1. The van der Waals surface area contributed by atoms with Crippen LogP contribution in [0.3, 0.4) is 0 Å². The van der Waals surface area contributed by atoms with E-state index in [1.807, 2.05) is 19.9 Å². The Balaban J connectivity index is 1.73. The minimum atomic E-state index is -3.77. The third-order valence-electron chi connectivity index (χ3n) is 4.79. The van der Waals surface area contributed by atoms with Gasteiger partial charge in [0.15, 0.2) is 0 Å². The standard InChI is InChI=1S/C21H26N2O4S/c1-3-27-19-10-12-23(13-11-19)21(24)17-7-5-9-20(15-17)28(25,26)22-18-8-4-6-16(2)14-18/h4-9,14-15,19,22H,3,10-13H2,1-2H3. The van der Waals surface area contributed by atoms with Crippen LogP contribution in [0.2, 0.25) is 0 Å². The van der Waals surface area contributed by atoms with Crippen LogP contribution in [0.25, 0.3) is 0 Å². The summed E-state index contributed by atoms with van der Waals surface area (Å²) in [5.74, 6) is -0.150. The maximum atomic E-state index is 12.8. The third kappa shape index (κ3) is 4.91. The van der Waals surface area contributed by atoms with Crippen LogP contribution in [0.5, 0.6) is 0 Å². The van der Waals surface area contributed by atoms with E-state index in [-0.39, 0.29) is 16.9 Å². The third-order valence-corrected chi connectivity index (χ3v) is 6.17. The zero-order valence-corrected chi connectivity index (χ0v) is 17.0. The van der Waals surface area contributed by atoms with Gasteiger partial charge in [-0.15, -0.1) is 0 Å². The maximum absolute atomic E-state index is 12.8. The van der Waals surface area contributed by atoms with E-state index in [0.29, 0.717) is 30.9 Å². The van der Waals surface area contributed by atoms with Crippen LogP contribution >= 0.6 is 0 Å². The molecule has 0 bridgehead atoms. The molecule has 6 nitrogen and oxygen atoms in total. The topological polar surface area (TPSA) is 75.7 Å². The molecular weight excluding hydrogens is 376 g/mol. The minimum absolute atomic E-state index is 0.0732. The Morgan fingerprint density at radius 1 is 1.14 bits per heavy atom. The molecular formula is C21H26N2O4S. The number of aryl methyl sites for hydroxylation is 1. The van der Waals surface area contributed by atoms with Gasteiger partial charge in [0.05, 0.1) is 11.0 Å². The second-order valence-electron chi connectivity index (χ2n) is 6.95. The second-order valence-corrected chi connectivity index (χ2v) is 8.63. The highest BCUT2D eigenvalue weighted by atomic mass is 32.2. The SMILES string of the molecule is CCOC1CCN(C(=O)c2cccc(S(=O)(=O)Nc3cccc(C)c3)c2)CC1. The second kappa shape index (κ2) is 8.75. The molecule has 0 unspecified atom stereocenters. The lowest BCUT2D eigenvalue weighted by Crippen LogP contribution is -2.40. The predicted octanol–water partition coefficient (Wildman–Crippen LogP) is 3.44. The molecule has 1 saturated heterocycles. The van der Waals surface area contributed by atoms with Crippen LogP contribution in [0.15, 0.2) is 53.4 Å². The van der Waals surface area contributed by atoms with Crippen molar-refractivity contribution in [2.24, 2.45) is 0 Å². The predicted molar refractivity (Wildman–Crippen MR) is 109 cm³/mol. The molecule has 1 amide bonds. The van der Waals surface area contributed by atoms with Crippen LogP contribution in [0.1, 0.15) is 35.7 Å². The van der Waals surface area contributed by atoms with E-state index in [9.17, 15) is 13.2 Å². The van der Waals surface area contributed by atoms with E-state index < -0.39 is 10.0 Å². The number of amides is 1. The fourth-order valence-electron chi connectivity index (χ4n) is 3.36. The highest BCUT2D eigenvalue weighted by Gasteiger charge is 2.25. The molecule has 1 fully saturated rings. The minimum Gasteiger partial charge on any atom is -0.378 e. The van der Waals surface area contributed by atoms with Gasteiger partial charge >= 0.3 is 0 Å². The Hall–Kier alpha value is -2.38. The van der Waals surface area contributed by atoms with Gasteiger partial charge in [0.2, 0.25) is 0 Å². The number of piperidine rings is 1. The molecule has 2 aromatic rings. The fourth-order valence-corrected chi connectivity index (χ4v) is 4.46. The summed E-state index contributed by atoms with van der Waals surface area (Å²) in [6.45, 7) is 5.76. The molecule has 2 aromatic carbocycles. The van der Waals surface area contributed by atoms with Crippen molar-refractivity contribution in [3.05, 3.63) is 59.7 Å². The summed E-state index contributed by atoms with van der Waals surface area (Å²) in [5, 5.41) is 0. The summed E-state index contributed by atoms with van der Waals surface area (Å²) in [7, 11) is -3.77. The average molecular weight is 403 g/mol. The van der Waals surface area contributed by atoms with Crippen molar-refractivity contribution >= 4 is 21.6 Å². The molecule has 0 atom stereocenters. The number of sulfonamides is 1. The number of likely N-dealkylation sites (tertiary alicyclic amines) is 1. The first-order valence-corrected chi connectivity index (χ1v) is 11.0. The van der Waals surface area contributed by atoms with Crippen molar-refractivity contribution in [1.82, 2.24) is 4.90 Å². The summed E-state index contributed by atoms with van der Waals surface area (Å²) < 4.78 is 33.6. The van der Waals surface area contributed by atoms with Crippen LogP contribution in [-0.2, 0) is 14.8 Å². The van der Waals surface area contributed by atoms with Crippen LogP contribution in [-0.4, -0.2) is 45.0 Å². The quantitative estimate of drug-likeness (QED) is 0.803. The number of anilines is 1. The number of carbonyl (C=O) groups is 1. The molecule has 28 heavy (non-hydrogen) atoms. The van der Waals surface area contributed by atoms with E-state index in [0.717, 1.165) is 18.4 Å². The lowest BCUT2D eigenvalue weighted by Gasteiger charge is -2.31. The zero-order valence-electron chi connectivity index (χ0n) is 16.2. The molecule has 0 aromatic heterocycles. The molecule has 150 valence electrons. The number of hydrogen-bond donors (Lipinski definition) is 1. The maximum Gasteiger partial charge on any atom is 0.261 e. The summed E-state index contributed by atoms with van der Waals surface area (Å²) in [6, 6.07) is 13.3. The monoisotopic (exact) mass is 402 g/mol. The van der Waals surface area contributed by atoms with Crippen LogP contribution in [0.4, 0.5) is 5.69 Å². The number of nitrogens with one attached hydrogen (secondary N) is 1. The van der Waals surface area contributed by atoms with Crippen LogP contribution in [0, 0.1) is 6.92 Å². The molecule has 1 heterocycles. The van der Waals surface area contributed by atoms with E-state index in [1.54, 1.807) is 35.2 Å². The summed E-state index contributed by atoms with van der Waals surface area (Å²) in [5.41, 5.74) is 1.83. The van der Waals surface area contributed by atoms with Crippen molar-refractivity contribution < 1.29 is 17.9 Å². The number of nitrogens with zero attached hydrogens (tertiary/aromatic N) is 1. The van der Waals surface area contributed by atoms with Crippen molar-refractivity contribution in [1.29, 1.82) is 0 Å². The van der Waals surface area contributed by atoms with Crippen molar-refractivity contribution in [2.45, 2.75) is 37.7 Å². The van der Waals surface area contributed by atoms with Crippen molar-refractivity contribution in [3.63, 3.8) is 0 Å². The van der Waals surface area contributed by atoms with E-state index >= 15 is 0 Å². The average Bonchev–Trinajstić information content (AvgIpc) is 2.68. The molecule has 1 aliphatic rings. The number of benzene rings is 2. The molecule has 0 radical (unpaired) electrons. The molecule has 0 spiro atoms. The van der Waals surface area contributed by atoms with E-state index in [4.69, 9.17) is 4.74 Å². The summed E-state index contributed by atoms with van der Waals surface area (Å²) >= 11 is 0. The Labute approximate surface area is 166 Å². The fraction of sp³-hybridized carbons (Fsp3) is 0.381. The van der Waals surface area contributed by atoms with Gasteiger partial charge in [0.1, 0.15) is 0 Å². The highest BCUT2D eigenvalue weighted by molar-refractivity contribution is 7.92. The Kier molecular flexibility index (Phi) is 6.36. The summed E-state index contributed by atoms with van der Waals surface area (Å²) in [6.07, 6.45) is 1.79. The molecule has 1 aliphatic heterocycles. The van der Waals surface area contributed by atoms with Crippen molar-refractivity contribution in [2.75, 3.05) is 24.4 Å². The van der Waals surface area contributed by atoms with Gasteiger partial charge in [0.25, 0.3) is 15.9 Å². The van der Waals surface area contributed by atoms with Gasteiger partial charge in [-0.2, -0.15) is 0 Å². The highest BCUT2D eigenvalue weighted by Crippen LogP contribution is 2.20. The Morgan fingerprint density at radius 3 is 2.54 bits per heavy atom. The van der Waals surface area contributed by atoms with Crippen molar-refractivity contribution in [3.8, 4) is 0 Å².